The minimum Gasteiger partial charge on any atom is -0.497 e. The predicted octanol–water partition coefficient (Wildman–Crippen LogP) is 3.39. The minimum atomic E-state index is -0.712. The first-order chi connectivity index (χ1) is 15.9. The standard InChI is InChI=1S/C25H23N3O5/c1-27(18-9-7-14(32-2)13-21(18)33-3)17-10-8-16-23-15(17)5-4-6-19(23)28(25(16)31)20-11-12-22(29)26-24(20)30/h4-10,13,20H,11-12H2,1-3H3,(H,26,29,30). The van der Waals surface area contributed by atoms with E-state index >= 15 is 0 Å². The molecule has 8 heteroatoms. The SMILES string of the molecule is COc1ccc(N(C)c2ccc3c4c(cccc24)N(C2CCC(=O)NC2=O)C3=O)c(OC)c1. The number of rotatable bonds is 5. The fraction of sp³-hybridized carbons (Fsp3) is 0.240. The number of imide groups is 1. The molecule has 1 fully saturated rings. The van der Waals surface area contributed by atoms with Crippen molar-refractivity contribution in [2.75, 3.05) is 31.1 Å². The van der Waals surface area contributed by atoms with E-state index in [4.69, 9.17) is 9.47 Å². The van der Waals surface area contributed by atoms with Gasteiger partial charge in [-0.3, -0.25) is 24.6 Å². The first-order valence-electron chi connectivity index (χ1n) is 10.6. The summed E-state index contributed by atoms with van der Waals surface area (Å²) in [5, 5.41) is 4.03. The van der Waals surface area contributed by atoms with Crippen molar-refractivity contribution in [2.45, 2.75) is 18.9 Å². The molecule has 0 aromatic heterocycles. The fourth-order valence-electron chi connectivity index (χ4n) is 4.71. The normalized spacial score (nSPS) is 17.4. The van der Waals surface area contributed by atoms with Crippen LogP contribution in [-0.4, -0.2) is 45.0 Å². The summed E-state index contributed by atoms with van der Waals surface area (Å²) in [5.74, 6) is 0.365. The van der Waals surface area contributed by atoms with Gasteiger partial charge in [0.15, 0.2) is 0 Å². The maximum atomic E-state index is 13.3. The molecule has 0 radical (unpaired) electrons. The predicted molar refractivity (Wildman–Crippen MR) is 125 cm³/mol. The average Bonchev–Trinajstić information content (AvgIpc) is 3.11. The number of anilines is 3. The molecule has 3 amide bonds. The first kappa shape index (κ1) is 20.8. The van der Waals surface area contributed by atoms with Gasteiger partial charge in [0.2, 0.25) is 11.8 Å². The van der Waals surface area contributed by atoms with Gasteiger partial charge < -0.3 is 14.4 Å². The number of nitrogens with zero attached hydrogens (tertiary/aromatic N) is 2. The molecule has 5 rings (SSSR count). The maximum Gasteiger partial charge on any atom is 0.259 e. The Balaban J connectivity index is 1.62. The Labute approximate surface area is 190 Å². The summed E-state index contributed by atoms with van der Waals surface area (Å²) in [7, 11) is 5.14. The van der Waals surface area contributed by atoms with Crippen molar-refractivity contribution in [3.63, 3.8) is 0 Å². The smallest absolute Gasteiger partial charge is 0.259 e. The Morgan fingerprint density at radius 1 is 1.00 bits per heavy atom. The lowest BCUT2D eigenvalue weighted by molar-refractivity contribution is -0.134. The first-order valence-corrected chi connectivity index (χ1v) is 10.6. The highest BCUT2D eigenvalue weighted by molar-refractivity contribution is 6.28. The Kier molecular flexibility index (Phi) is 4.92. The summed E-state index contributed by atoms with van der Waals surface area (Å²) in [6, 6.07) is 14.3. The summed E-state index contributed by atoms with van der Waals surface area (Å²) < 4.78 is 10.9. The molecule has 1 saturated heterocycles. The maximum absolute atomic E-state index is 13.3. The number of methoxy groups -OCH3 is 2. The van der Waals surface area contributed by atoms with E-state index < -0.39 is 11.9 Å². The second-order valence-electron chi connectivity index (χ2n) is 8.07. The van der Waals surface area contributed by atoms with Crippen molar-refractivity contribution in [3.05, 3.63) is 54.1 Å². The van der Waals surface area contributed by atoms with Gasteiger partial charge >= 0.3 is 0 Å². The molecule has 1 unspecified atom stereocenters. The number of carbonyl (C=O) groups is 3. The Hall–Kier alpha value is -4.07. The van der Waals surface area contributed by atoms with Gasteiger partial charge in [-0.05, 0) is 36.8 Å². The molecule has 1 atom stereocenters. The van der Waals surface area contributed by atoms with Crippen LogP contribution in [-0.2, 0) is 9.59 Å². The highest BCUT2D eigenvalue weighted by atomic mass is 16.5. The highest BCUT2D eigenvalue weighted by Crippen LogP contribution is 2.45. The van der Waals surface area contributed by atoms with Crippen molar-refractivity contribution in [3.8, 4) is 11.5 Å². The zero-order chi connectivity index (χ0) is 23.3. The lowest BCUT2D eigenvalue weighted by Crippen LogP contribution is -2.53. The van der Waals surface area contributed by atoms with E-state index in [-0.39, 0.29) is 18.2 Å². The lowest BCUT2D eigenvalue weighted by atomic mass is 10.0. The molecule has 168 valence electrons. The van der Waals surface area contributed by atoms with Gasteiger partial charge in [-0.15, -0.1) is 0 Å². The summed E-state index contributed by atoms with van der Waals surface area (Å²) in [6.07, 6.45) is 0.508. The van der Waals surface area contributed by atoms with E-state index in [1.807, 2.05) is 54.4 Å². The van der Waals surface area contributed by atoms with Crippen molar-refractivity contribution in [1.82, 2.24) is 5.32 Å². The van der Waals surface area contributed by atoms with Gasteiger partial charge in [0, 0.05) is 36.0 Å². The summed E-state index contributed by atoms with van der Waals surface area (Å²) in [4.78, 5) is 41.0. The second-order valence-corrected chi connectivity index (χ2v) is 8.07. The van der Waals surface area contributed by atoms with E-state index in [1.54, 1.807) is 20.3 Å². The Morgan fingerprint density at radius 3 is 2.52 bits per heavy atom. The van der Waals surface area contributed by atoms with Gasteiger partial charge in [0.1, 0.15) is 17.5 Å². The molecule has 0 spiro atoms. The largest absolute Gasteiger partial charge is 0.497 e. The van der Waals surface area contributed by atoms with Crippen LogP contribution in [0.5, 0.6) is 11.5 Å². The summed E-state index contributed by atoms with van der Waals surface area (Å²) >= 11 is 0. The number of nitrogens with one attached hydrogen (secondary N) is 1. The van der Waals surface area contributed by atoms with Crippen LogP contribution >= 0.6 is 0 Å². The van der Waals surface area contributed by atoms with Crippen molar-refractivity contribution >= 4 is 45.6 Å². The molecular weight excluding hydrogens is 422 g/mol. The number of ether oxygens (including phenoxy) is 2. The molecular formula is C25H23N3O5. The van der Waals surface area contributed by atoms with Crippen LogP contribution in [0.2, 0.25) is 0 Å². The van der Waals surface area contributed by atoms with E-state index in [9.17, 15) is 14.4 Å². The third-order valence-electron chi connectivity index (χ3n) is 6.34. The topological polar surface area (TPSA) is 88.2 Å². The van der Waals surface area contributed by atoms with Crippen LogP contribution in [0.1, 0.15) is 23.2 Å². The molecule has 2 aliphatic heterocycles. The fourth-order valence-corrected chi connectivity index (χ4v) is 4.71. The number of hydrogen-bond acceptors (Lipinski definition) is 6. The molecule has 3 aromatic carbocycles. The molecule has 2 heterocycles. The third-order valence-corrected chi connectivity index (χ3v) is 6.34. The lowest BCUT2D eigenvalue weighted by Gasteiger charge is -2.30. The van der Waals surface area contributed by atoms with Crippen LogP contribution in [0.4, 0.5) is 17.1 Å². The minimum absolute atomic E-state index is 0.206. The third kappa shape index (κ3) is 3.17. The Bertz CT molecular complexity index is 1320. The van der Waals surface area contributed by atoms with Crippen LogP contribution in [0.25, 0.3) is 10.8 Å². The highest BCUT2D eigenvalue weighted by Gasteiger charge is 2.41. The zero-order valence-electron chi connectivity index (χ0n) is 18.5. The second kappa shape index (κ2) is 7.81. The molecule has 0 aliphatic carbocycles. The van der Waals surface area contributed by atoms with Gasteiger partial charge in [0.05, 0.1) is 31.2 Å². The number of hydrogen-bond donors (Lipinski definition) is 1. The van der Waals surface area contributed by atoms with E-state index in [2.05, 4.69) is 5.32 Å². The quantitative estimate of drug-likeness (QED) is 0.606. The monoisotopic (exact) mass is 445 g/mol. The number of benzene rings is 3. The van der Waals surface area contributed by atoms with Crippen molar-refractivity contribution < 1.29 is 23.9 Å². The van der Waals surface area contributed by atoms with E-state index in [1.165, 1.54) is 4.90 Å². The van der Waals surface area contributed by atoms with Gasteiger partial charge in [-0.25, -0.2) is 0 Å². The molecule has 8 nitrogen and oxygen atoms in total. The van der Waals surface area contributed by atoms with E-state index in [0.29, 0.717) is 29.2 Å². The van der Waals surface area contributed by atoms with Crippen molar-refractivity contribution in [1.29, 1.82) is 0 Å². The van der Waals surface area contributed by atoms with Gasteiger partial charge in [-0.2, -0.15) is 0 Å². The van der Waals surface area contributed by atoms with Gasteiger partial charge in [-0.1, -0.05) is 12.1 Å². The molecule has 1 N–H and O–H groups in total. The Morgan fingerprint density at radius 2 is 1.79 bits per heavy atom. The number of amides is 3. The molecule has 0 bridgehead atoms. The molecule has 2 aliphatic rings. The number of piperidine rings is 1. The van der Waals surface area contributed by atoms with Gasteiger partial charge in [0.25, 0.3) is 5.91 Å². The molecule has 3 aromatic rings. The van der Waals surface area contributed by atoms with Crippen LogP contribution in [0.3, 0.4) is 0 Å². The molecule has 0 saturated carbocycles. The number of carbonyl (C=O) groups excluding carboxylic acids is 3. The zero-order valence-corrected chi connectivity index (χ0v) is 18.5. The van der Waals surface area contributed by atoms with Crippen molar-refractivity contribution in [2.24, 2.45) is 0 Å². The van der Waals surface area contributed by atoms with Crippen LogP contribution < -0.4 is 24.6 Å². The van der Waals surface area contributed by atoms with Crippen LogP contribution in [0, 0.1) is 0 Å². The summed E-state index contributed by atoms with van der Waals surface area (Å²) in [5.41, 5.74) is 2.95. The van der Waals surface area contributed by atoms with Crippen LogP contribution in [0.15, 0.2) is 48.5 Å². The summed E-state index contributed by atoms with van der Waals surface area (Å²) in [6.45, 7) is 0. The van der Waals surface area contributed by atoms with E-state index in [0.717, 1.165) is 22.1 Å². The average molecular weight is 445 g/mol. The molecule has 33 heavy (non-hydrogen) atoms.